The van der Waals surface area contributed by atoms with E-state index in [9.17, 15) is 4.79 Å². The Labute approximate surface area is 126 Å². The summed E-state index contributed by atoms with van der Waals surface area (Å²) in [6, 6.07) is 19.3. The lowest BCUT2D eigenvalue weighted by atomic mass is 10.1. The van der Waals surface area contributed by atoms with Gasteiger partial charge in [0.2, 0.25) is 0 Å². The van der Waals surface area contributed by atoms with Crippen LogP contribution in [0.5, 0.6) is 0 Å². The molecule has 0 aliphatic rings. The third-order valence-corrected chi connectivity index (χ3v) is 3.70. The molecule has 106 valence electrons. The van der Waals surface area contributed by atoms with Crippen molar-refractivity contribution >= 4 is 10.8 Å². The van der Waals surface area contributed by atoms with Crippen LogP contribution in [-0.2, 0) is 0 Å². The third-order valence-electron chi connectivity index (χ3n) is 3.70. The molecule has 22 heavy (non-hydrogen) atoms. The Balaban J connectivity index is 1.93. The zero-order valence-electron chi connectivity index (χ0n) is 11.7. The van der Waals surface area contributed by atoms with Crippen LogP contribution in [0.4, 0.5) is 0 Å². The Morgan fingerprint density at radius 2 is 1.82 bits per heavy atom. The second-order valence-corrected chi connectivity index (χ2v) is 5.08. The van der Waals surface area contributed by atoms with Crippen LogP contribution in [0.1, 0.15) is 0 Å². The number of rotatable bonds is 2. The van der Waals surface area contributed by atoms with E-state index >= 15 is 0 Å². The maximum Gasteiger partial charge on any atom is 0.271 e. The summed E-state index contributed by atoms with van der Waals surface area (Å²) < 4.78 is 1.57. The number of hydrogen-bond acceptors (Lipinski definition) is 2. The molecule has 0 atom stereocenters. The number of H-pyrrole nitrogens is 1. The van der Waals surface area contributed by atoms with E-state index in [4.69, 9.17) is 0 Å². The lowest BCUT2D eigenvalue weighted by molar-refractivity contribution is 0.859. The molecule has 0 aliphatic carbocycles. The van der Waals surface area contributed by atoms with Gasteiger partial charge < -0.3 is 0 Å². The van der Waals surface area contributed by atoms with E-state index in [2.05, 4.69) is 10.1 Å². The summed E-state index contributed by atoms with van der Waals surface area (Å²) in [5.41, 5.74) is 2.40. The van der Waals surface area contributed by atoms with E-state index in [0.29, 0.717) is 0 Å². The van der Waals surface area contributed by atoms with Crippen molar-refractivity contribution in [3.05, 3.63) is 83.4 Å². The van der Waals surface area contributed by atoms with Crippen LogP contribution in [-0.4, -0.2) is 14.8 Å². The average Bonchev–Trinajstić information content (AvgIpc) is 2.97. The molecular weight excluding hydrogens is 274 g/mol. The van der Waals surface area contributed by atoms with Gasteiger partial charge in [0.1, 0.15) is 0 Å². The van der Waals surface area contributed by atoms with E-state index in [0.717, 1.165) is 27.7 Å². The summed E-state index contributed by atoms with van der Waals surface area (Å²) in [6.07, 6.45) is 3.45. The van der Waals surface area contributed by atoms with Crippen LogP contribution in [0.25, 0.3) is 27.7 Å². The van der Waals surface area contributed by atoms with Gasteiger partial charge in [-0.3, -0.25) is 14.9 Å². The summed E-state index contributed by atoms with van der Waals surface area (Å²) >= 11 is 0. The number of hydrogen-bond donors (Lipinski definition) is 1. The number of fused-ring (bicyclic) bond motifs is 1. The molecule has 0 fully saturated rings. The number of nitrogens with one attached hydrogen (secondary N) is 1. The van der Waals surface area contributed by atoms with Gasteiger partial charge in [0.15, 0.2) is 0 Å². The smallest absolute Gasteiger partial charge is 0.271 e. The molecule has 0 saturated heterocycles. The van der Waals surface area contributed by atoms with Crippen molar-refractivity contribution in [3.8, 4) is 16.9 Å². The topological polar surface area (TPSA) is 50.7 Å². The van der Waals surface area contributed by atoms with E-state index in [1.54, 1.807) is 23.1 Å². The fourth-order valence-corrected chi connectivity index (χ4v) is 2.65. The predicted molar refractivity (Wildman–Crippen MR) is 87.1 cm³/mol. The summed E-state index contributed by atoms with van der Waals surface area (Å²) in [7, 11) is 0. The van der Waals surface area contributed by atoms with Crippen LogP contribution >= 0.6 is 0 Å². The van der Waals surface area contributed by atoms with Crippen molar-refractivity contribution < 1.29 is 0 Å². The second kappa shape index (κ2) is 5.00. The first-order valence-electron chi connectivity index (χ1n) is 7.03. The average molecular weight is 287 g/mol. The number of nitrogens with zero attached hydrogens (tertiary/aromatic N) is 2. The fourth-order valence-electron chi connectivity index (χ4n) is 2.65. The fraction of sp³-hybridized carbons (Fsp3) is 0. The zero-order chi connectivity index (χ0) is 14.9. The van der Waals surface area contributed by atoms with Gasteiger partial charge >= 0.3 is 0 Å². The number of benzene rings is 2. The van der Waals surface area contributed by atoms with E-state index in [1.165, 1.54) is 0 Å². The van der Waals surface area contributed by atoms with Crippen molar-refractivity contribution in [1.29, 1.82) is 0 Å². The molecule has 4 rings (SSSR count). The molecule has 0 bridgehead atoms. The standard InChI is InChI=1S/C18H13N3O/c22-18-11-16(14-7-4-10-19-12-14)20-21(18)17-9-3-6-13-5-1-2-8-15(13)17/h1-12,20H. The number of aromatic nitrogens is 3. The molecule has 4 nitrogen and oxygen atoms in total. The highest BCUT2D eigenvalue weighted by molar-refractivity contribution is 5.90. The highest BCUT2D eigenvalue weighted by Crippen LogP contribution is 2.22. The quantitative estimate of drug-likeness (QED) is 0.614. The second-order valence-electron chi connectivity index (χ2n) is 5.08. The molecule has 4 heteroatoms. The van der Waals surface area contributed by atoms with E-state index < -0.39 is 0 Å². The van der Waals surface area contributed by atoms with Crippen LogP contribution in [0, 0.1) is 0 Å². The van der Waals surface area contributed by atoms with Gasteiger partial charge in [0.05, 0.1) is 11.4 Å². The van der Waals surface area contributed by atoms with Gasteiger partial charge in [0, 0.05) is 29.4 Å². The Kier molecular flexibility index (Phi) is 2.86. The van der Waals surface area contributed by atoms with Crippen molar-refractivity contribution in [2.24, 2.45) is 0 Å². The van der Waals surface area contributed by atoms with Crippen molar-refractivity contribution in [1.82, 2.24) is 14.8 Å². The molecule has 2 aromatic carbocycles. The Morgan fingerprint density at radius 3 is 2.68 bits per heavy atom. The van der Waals surface area contributed by atoms with Crippen LogP contribution < -0.4 is 5.56 Å². The van der Waals surface area contributed by atoms with Crippen molar-refractivity contribution in [3.63, 3.8) is 0 Å². The molecule has 0 spiro atoms. The molecule has 2 heterocycles. The Morgan fingerprint density at radius 1 is 0.955 bits per heavy atom. The van der Waals surface area contributed by atoms with E-state index in [1.807, 2.05) is 54.6 Å². The van der Waals surface area contributed by atoms with Gasteiger partial charge in [-0.05, 0) is 23.6 Å². The van der Waals surface area contributed by atoms with Gasteiger partial charge in [-0.2, -0.15) is 0 Å². The minimum Gasteiger partial charge on any atom is -0.290 e. The first-order valence-corrected chi connectivity index (χ1v) is 7.03. The Hall–Kier alpha value is -3.14. The SMILES string of the molecule is O=c1cc(-c2cccnc2)[nH]n1-c1cccc2ccccc12. The lowest BCUT2D eigenvalue weighted by Crippen LogP contribution is -2.13. The van der Waals surface area contributed by atoms with Crippen molar-refractivity contribution in [2.75, 3.05) is 0 Å². The Bertz CT molecular complexity index is 994. The molecule has 0 unspecified atom stereocenters. The van der Waals surface area contributed by atoms with Crippen LogP contribution in [0.2, 0.25) is 0 Å². The molecule has 0 amide bonds. The normalized spacial score (nSPS) is 10.9. The number of aromatic amines is 1. The summed E-state index contributed by atoms with van der Waals surface area (Å²) in [5.74, 6) is 0. The maximum atomic E-state index is 12.4. The summed E-state index contributed by atoms with van der Waals surface area (Å²) in [4.78, 5) is 16.5. The largest absolute Gasteiger partial charge is 0.290 e. The molecule has 0 aliphatic heterocycles. The summed E-state index contributed by atoms with van der Waals surface area (Å²) in [6.45, 7) is 0. The van der Waals surface area contributed by atoms with Gasteiger partial charge in [-0.15, -0.1) is 0 Å². The lowest BCUT2D eigenvalue weighted by Gasteiger charge is -2.06. The molecule has 1 N–H and O–H groups in total. The van der Waals surface area contributed by atoms with E-state index in [-0.39, 0.29) is 5.56 Å². The van der Waals surface area contributed by atoms with Gasteiger partial charge in [-0.25, -0.2) is 4.68 Å². The summed E-state index contributed by atoms with van der Waals surface area (Å²) in [5, 5.41) is 5.31. The monoisotopic (exact) mass is 287 g/mol. The van der Waals surface area contributed by atoms with Gasteiger partial charge in [-0.1, -0.05) is 36.4 Å². The molecule has 2 aromatic heterocycles. The van der Waals surface area contributed by atoms with Gasteiger partial charge in [0.25, 0.3) is 5.56 Å². The highest BCUT2D eigenvalue weighted by atomic mass is 16.1. The molecule has 0 radical (unpaired) electrons. The highest BCUT2D eigenvalue weighted by Gasteiger charge is 2.09. The molecule has 4 aromatic rings. The van der Waals surface area contributed by atoms with Crippen molar-refractivity contribution in [2.45, 2.75) is 0 Å². The third kappa shape index (κ3) is 2.02. The zero-order valence-corrected chi connectivity index (χ0v) is 11.7. The minimum absolute atomic E-state index is 0.0878. The minimum atomic E-state index is -0.0878. The van der Waals surface area contributed by atoms with Crippen LogP contribution in [0.15, 0.2) is 77.9 Å². The molecular formula is C18H13N3O. The maximum absolute atomic E-state index is 12.4. The number of pyridine rings is 1. The molecule has 0 saturated carbocycles. The first-order chi connectivity index (χ1) is 10.8. The predicted octanol–water partition coefficient (Wildman–Crippen LogP) is 3.38. The van der Waals surface area contributed by atoms with Crippen LogP contribution in [0.3, 0.4) is 0 Å². The first kappa shape index (κ1) is 12.6.